The van der Waals surface area contributed by atoms with Gasteiger partial charge in [0, 0.05) is 24.3 Å². The Hall–Kier alpha value is -1.56. The maximum absolute atomic E-state index is 12.4. The van der Waals surface area contributed by atoms with Gasteiger partial charge in [0.15, 0.2) is 0 Å². The van der Waals surface area contributed by atoms with Gasteiger partial charge in [-0.3, -0.25) is 0 Å². The number of anilines is 1. The van der Waals surface area contributed by atoms with Gasteiger partial charge in [-0.05, 0) is 29.8 Å². The molecule has 0 saturated heterocycles. The van der Waals surface area contributed by atoms with Crippen molar-refractivity contribution in [2.24, 2.45) is 0 Å². The highest BCUT2D eigenvalue weighted by molar-refractivity contribution is 7.89. The van der Waals surface area contributed by atoms with Gasteiger partial charge in [0.2, 0.25) is 10.0 Å². The third-order valence-electron chi connectivity index (χ3n) is 2.92. The summed E-state index contributed by atoms with van der Waals surface area (Å²) in [5.41, 5.74) is 6.80. The van der Waals surface area contributed by atoms with E-state index in [1.807, 2.05) is 6.07 Å². The quantitative estimate of drug-likeness (QED) is 0.883. The summed E-state index contributed by atoms with van der Waals surface area (Å²) in [6.45, 7) is 0.205. The van der Waals surface area contributed by atoms with Crippen molar-refractivity contribution in [2.45, 2.75) is 11.4 Å². The first-order valence-electron chi connectivity index (χ1n) is 5.96. The van der Waals surface area contributed by atoms with Crippen molar-refractivity contribution in [3.05, 3.63) is 59.1 Å². The fourth-order valence-corrected chi connectivity index (χ4v) is 3.21. The third-order valence-corrected chi connectivity index (χ3v) is 5.09. The predicted molar refractivity (Wildman–Crippen MR) is 81.0 cm³/mol. The summed E-state index contributed by atoms with van der Waals surface area (Å²) in [7, 11) is -2.07. The molecule has 0 amide bonds. The molecule has 0 unspecified atom stereocenters. The average Bonchev–Trinajstić information content (AvgIpc) is 2.41. The Balaban J connectivity index is 2.29. The Morgan fingerprint density at radius 3 is 2.50 bits per heavy atom. The van der Waals surface area contributed by atoms with Crippen LogP contribution in [-0.2, 0) is 16.6 Å². The van der Waals surface area contributed by atoms with Crippen molar-refractivity contribution in [3.8, 4) is 0 Å². The third kappa shape index (κ3) is 3.12. The molecule has 0 fully saturated rings. The van der Waals surface area contributed by atoms with Gasteiger partial charge in [-0.15, -0.1) is 0 Å². The van der Waals surface area contributed by atoms with Crippen molar-refractivity contribution in [3.63, 3.8) is 0 Å². The molecule has 2 aromatic rings. The van der Waals surface area contributed by atoms with Crippen LogP contribution in [0.3, 0.4) is 0 Å². The largest absolute Gasteiger partial charge is 0.399 e. The van der Waals surface area contributed by atoms with E-state index in [2.05, 4.69) is 0 Å². The van der Waals surface area contributed by atoms with E-state index >= 15 is 0 Å². The molecule has 0 heterocycles. The van der Waals surface area contributed by atoms with Crippen LogP contribution >= 0.6 is 11.6 Å². The van der Waals surface area contributed by atoms with E-state index in [1.165, 1.54) is 23.5 Å². The van der Waals surface area contributed by atoms with Gasteiger partial charge in [-0.2, -0.15) is 4.31 Å². The first-order chi connectivity index (χ1) is 9.41. The van der Waals surface area contributed by atoms with E-state index in [1.54, 1.807) is 30.3 Å². The average molecular weight is 311 g/mol. The molecular weight excluding hydrogens is 296 g/mol. The molecule has 2 aromatic carbocycles. The number of nitrogens with zero attached hydrogens (tertiary/aromatic N) is 1. The van der Waals surface area contributed by atoms with Crippen LogP contribution in [0, 0.1) is 0 Å². The molecule has 2 rings (SSSR count). The molecule has 106 valence electrons. The van der Waals surface area contributed by atoms with Crippen LogP contribution in [-0.4, -0.2) is 19.8 Å². The first kappa shape index (κ1) is 14.8. The lowest BCUT2D eigenvalue weighted by Crippen LogP contribution is -2.26. The van der Waals surface area contributed by atoms with Crippen molar-refractivity contribution in [1.29, 1.82) is 0 Å². The number of nitrogens with two attached hydrogens (primary N) is 1. The monoisotopic (exact) mass is 310 g/mol. The second-order valence-electron chi connectivity index (χ2n) is 4.42. The van der Waals surface area contributed by atoms with Crippen LogP contribution < -0.4 is 5.73 Å². The van der Waals surface area contributed by atoms with Crippen LogP contribution in [0.5, 0.6) is 0 Å². The Bertz CT molecular complexity index is 717. The van der Waals surface area contributed by atoms with Crippen LogP contribution in [0.15, 0.2) is 53.4 Å². The van der Waals surface area contributed by atoms with Gasteiger partial charge < -0.3 is 5.73 Å². The highest BCUT2D eigenvalue weighted by atomic mass is 35.5. The zero-order chi connectivity index (χ0) is 14.8. The lowest BCUT2D eigenvalue weighted by atomic mass is 10.2. The number of hydrogen-bond donors (Lipinski definition) is 1. The molecule has 0 aliphatic carbocycles. The number of benzene rings is 2. The van der Waals surface area contributed by atoms with E-state index in [-0.39, 0.29) is 11.4 Å². The lowest BCUT2D eigenvalue weighted by molar-refractivity contribution is 0.467. The summed E-state index contributed by atoms with van der Waals surface area (Å²) in [5.74, 6) is 0. The van der Waals surface area contributed by atoms with Crippen LogP contribution in [0.2, 0.25) is 5.02 Å². The minimum absolute atomic E-state index is 0.173. The van der Waals surface area contributed by atoms with E-state index in [0.717, 1.165) is 5.56 Å². The van der Waals surface area contributed by atoms with Crippen molar-refractivity contribution >= 4 is 27.3 Å². The molecule has 0 spiro atoms. The molecule has 0 aliphatic heterocycles. The second kappa shape index (κ2) is 5.83. The fraction of sp³-hybridized carbons (Fsp3) is 0.143. The summed E-state index contributed by atoms with van der Waals surface area (Å²) in [4.78, 5) is 0.173. The predicted octanol–water partition coefficient (Wildman–Crippen LogP) is 2.74. The van der Waals surface area contributed by atoms with Gasteiger partial charge in [0.1, 0.15) is 0 Å². The molecular formula is C14H15ClN2O2S. The van der Waals surface area contributed by atoms with Crippen LogP contribution in [0.1, 0.15) is 5.56 Å². The number of nitrogen functional groups attached to an aromatic ring is 1. The highest BCUT2D eigenvalue weighted by Gasteiger charge is 2.21. The van der Waals surface area contributed by atoms with E-state index in [0.29, 0.717) is 10.7 Å². The Morgan fingerprint density at radius 2 is 1.85 bits per heavy atom. The number of halogens is 1. The highest BCUT2D eigenvalue weighted by Crippen LogP contribution is 2.22. The van der Waals surface area contributed by atoms with E-state index < -0.39 is 10.0 Å². The second-order valence-corrected chi connectivity index (χ2v) is 6.88. The maximum atomic E-state index is 12.4. The zero-order valence-corrected chi connectivity index (χ0v) is 12.5. The maximum Gasteiger partial charge on any atom is 0.243 e. The Labute approximate surface area is 123 Å². The molecule has 0 aliphatic rings. The summed E-state index contributed by atoms with van der Waals surface area (Å²) < 4.78 is 26.1. The Kier molecular flexibility index (Phi) is 4.32. The smallest absolute Gasteiger partial charge is 0.243 e. The molecule has 4 nitrogen and oxygen atoms in total. The molecule has 6 heteroatoms. The van der Waals surface area contributed by atoms with Crippen molar-refractivity contribution in [1.82, 2.24) is 4.31 Å². The summed E-state index contributed by atoms with van der Waals surface area (Å²) >= 11 is 6.05. The SMILES string of the molecule is CN(Cc1ccccc1Cl)S(=O)(=O)c1cccc(N)c1. The molecule has 0 atom stereocenters. The van der Waals surface area contributed by atoms with E-state index in [4.69, 9.17) is 17.3 Å². The lowest BCUT2D eigenvalue weighted by Gasteiger charge is -2.18. The van der Waals surface area contributed by atoms with Crippen molar-refractivity contribution in [2.75, 3.05) is 12.8 Å². The minimum Gasteiger partial charge on any atom is -0.399 e. The summed E-state index contributed by atoms with van der Waals surface area (Å²) in [5, 5.41) is 0.544. The number of hydrogen-bond acceptors (Lipinski definition) is 3. The zero-order valence-electron chi connectivity index (χ0n) is 11.0. The Morgan fingerprint density at radius 1 is 1.15 bits per heavy atom. The summed E-state index contributed by atoms with van der Waals surface area (Å²) in [6, 6.07) is 13.4. The topological polar surface area (TPSA) is 63.4 Å². The summed E-state index contributed by atoms with van der Waals surface area (Å²) in [6.07, 6.45) is 0. The van der Waals surface area contributed by atoms with Gasteiger partial charge in [-0.25, -0.2) is 8.42 Å². The minimum atomic E-state index is -3.58. The standard InChI is InChI=1S/C14H15ClN2O2S/c1-17(10-11-5-2-3-8-14(11)15)20(18,19)13-7-4-6-12(16)9-13/h2-9H,10,16H2,1H3. The fourth-order valence-electron chi connectivity index (χ4n) is 1.81. The number of sulfonamides is 1. The van der Waals surface area contributed by atoms with Gasteiger partial charge >= 0.3 is 0 Å². The van der Waals surface area contributed by atoms with E-state index in [9.17, 15) is 8.42 Å². The molecule has 2 N–H and O–H groups in total. The van der Waals surface area contributed by atoms with Crippen molar-refractivity contribution < 1.29 is 8.42 Å². The normalized spacial score (nSPS) is 11.8. The van der Waals surface area contributed by atoms with Gasteiger partial charge in [0.05, 0.1) is 4.90 Å². The molecule has 0 aromatic heterocycles. The first-order valence-corrected chi connectivity index (χ1v) is 7.78. The molecule has 0 radical (unpaired) electrons. The van der Waals surface area contributed by atoms with Gasteiger partial charge in [0.25, 0.3) is 0 Å². The molecule has 0 saturated carbocycles. The van der Waals surface area contributed by atoms with Crippen LogP contribution in [0.4, 0.5) is 5.69 Å². The van der Waals surface area contributed by atoms with Crippen LogP contribution in [0.25, 0.3) is 0 Å². The molecule has 0 bridgehead atoms. The molecule has 20 heavy (non-hydrogen) atoms. The van der Waals surface area contributed by atoms with Gasteiger partial charge in [-0.1, -0.05) is 35.9 Å². The number of rotatable bonds is 4.